The maximum atomic E-state index is 8.84. The van der Waals surface area contributed by atoms with Gasteiger partial charge >= 0.3 is 0 Å². The predicted molar refractivity (Wildman–Crippen MR) is 69.7 cm³/mol. The van der Waals surface area contributed by atoms with E-state index in [1.54, 1.807) is 0 Å². The van der Waals surface area contributed by atoms with E-state index in [2.05, 4.69) is 20.8 Å². The quantitative estimate of drug-likeness (QED) is 0.545. The van der Waals surface area contributed by atoms with Gasteiger partial charge in [-0.1, -0.05) is 39.0 Å². The second-order valence-corrected chi connectivity index (χ2v) is 4.88. The van der Waals surface area contributed by atoms with E-state index in [1.807, 2.05) is 0 Å². The van der Waals surface area contributed by atoms with Gasteiger partial charge in [-0.2, -0.15) is 0 Å². The zero-order chi connectivity index (χ0) is 12.2. The van der Waals surface area contributed by atoms with E-state index in [1.165, 1.54) is 32.1 Å². The summed E-state index contributed by atoms with van der Waals surface area (Å²) in [5.41, 5.74) is 0. The number of aliphatic hydroxyl groups is 1. The molecule has 0 fully saturated rings. The molecule has 0 rings (SSSR count). The highest BCUT2D eigenvalue weighted by molar-refractivity contribution is 4.60. The summed E-state index contributed by atoms with van der Waals surface area (Å²) in [7, 11) is 0. The number of unbranched alkanes of at least 4 members (excludes halogenated alkanes) is 4. The Bertz CT molecular complexity index is 135. The fraction of sp³-hybridized carbons (Fsp3) is 1.00. The van der Waals surface area contributed by atoms with Crippen molar-refractivity contribution in [1.29, 1.82) is 0 Å². The Hall–Kier alpha value is -0.0800. The van der Waals surface area contributed by atoms with Crippen molar-refractivity contribution < 1.29 is 9.84 Å². The fourth-order valence-corrected chi connectivity index (χ4v) is 1.96. The molecule has 0 heterocycles. The van der Waals surface area contributed by atoms with E-state index in [0.29, 0.717) is 12.2 Å². The lowest BCUT2D eigenvalue weighted by Gasteiger charge is -2.20. The average molecular weight is 230 g/mol. The molecule has 2 nitrogen and oxygen atoms in total. The van der Waals surface area contributed by atoms with Gasteiger partial charge in [0.05, 0.1) is 12.2 Å². The second kappa shape index (κ2) is 11.4. The lowest BCUT2D eigenvalue weighted by molar-refractivity contribution is -0.00574. The van der Waals surface area contributed by atoms with Crippen LogP contribution in [0.3, 0.4) is 0 Å². The minimum absolute atomic E-state index is 0.286. The molecule has 0 saturated carbocycles. The molecule has 0 aliphatic heterocycles. The van der Waals surface area contributed by atoms with Crippen LogP contribution in [0.1, 0.15) is 72.1 Å². The molecule has 0 amide bonds. The van der Waals surface area contributed by atoms with E-state index in [9.17, 15) is 0 Å². The van der Waals surface area contributed by atoms with E-state index in [0.717, 1.165) is 19.3 Å². The molecule has 0 spiro atoms. The molecule has 2 heteroatoms. The summed E-state index contributed by atoms with van der Waals surface area (Å²) < 4.78 is 5.85. The number of ether oxygens (including phenoxy) is 1. The van der Waals surface area contributed by atoms with Crippen molar-refractivity contribution in [2.24, 2.45) is 0 Å². The number of aliphatic hydroxyl groups excluding tert-OH is 1. The Morgan fingerprint density at radius 1 is 0.938 bits per heavy atom. The largest absolute Gasteiger partial charge is 0.396 e. The predicted octanol–water partition coefficient (Wildman–Crippen LogP) is 3.91. The first-order valence-corrected chi connectivity index (χ1v) is 6.97. The molecule has 0 saturated heterocycles. The van der Waals surface area contributed by atoms with Gasteiger partial charge in [0.2, 0.25) is 0 Å². The third-order valence-electron chi connectivity index (χ3n) is 2.78. The van der Waals surface area contributed by atoms with Crippen LogP contribution in [0.25, 0.3) is 0 Å². The molecule has 0 aromatic heterocycles. The first-order chi connectivity index (χ1) is 7.70. The Labute approximate surface area is 101 Å². The molecular formula is C14H30O2. The lowest BCUT2D eigenvalue weighted by atomic mass is 10.0. The molecule has 98 valence electrons. The summed E-state index contributed by atoms with van der Waals surface area (Å²) in [5.74, 6) is 0. The van der Waals surface area contributed by atoms with Crippen LogP contribution < -0.4 is 0 Å². The van der Waals surface area contributed by atoms with Crippen molar-refractivity contribution in [3.8, 4) is 0 Å². The molecule has 0 bridgehead atoms. The first-order valence-electron chi connectivity index (χ1n) is 6.97. The van der Waals surface area contributed by atoms with Crippen LogP contribution in [0.15, 0.2) is 0 Å². The Balaban J connectivity index is 3.56. The van der Waals surface area contributed by atoms with Crippen LogP contribution >= 0.6 is 0 Å². The van der Waals surface area contributed by atoms with Crippen molar-refractivity contribution in [2.75, 3.05) is 6.61 Å². The zero-order valence-electron chi connectivity index (χ0n) is 11.4. The Morgan fingerprint density at radius 3 is 2.12 bits per heavy atom. The molecule has 1 N–H and O–H groups in total. The van der Waals surface area contributed by atoms with E-state index in [4.69, 9.17) is 9.84 Å². The summed E-state index contributed by atoms with van der Waals surface area (Å²) >= 11 is 0. The van der Waals surface area contributed by atoms with Gasteiger partial charge < -0.3 is 9.84 Å². The molecule has 0 aromatic carbocycles. The molecule has 0 aromatic rings. The molecule has 0 radical (unpaired) electrons. The second-order valence-electron chi connectivity index (χ2n) is 4.88. The standard InChI is InChI=1S/C14H30O2/c1-4-5-6-7-8-10-14(11-9-12-15)16-13(2)3/h13-15H,4-12H2,1-3H3. The average Bonchev–Trinajstić information content (AvgIpc) is 2.24. The van der Waals surface area contributed by atoms with Gasteiger partial charge in [-0.05, 0) is 33.1 Å². The summed E-state index contributed by atoms with van der Waals surface area (Å²) in [4.78, 5) is 0. The van der Waals surface area contributed by atoms with Gasteiger partial charge in [0.25, 0.3) is 0 Å². The van der Waals surface area contributed by atoms with Crippen LogP contribution in [0.5, 0.6) is 0 Å². The number of rotatable bonds is 11. The zero-order valence-corrected chi connectivity index (χ0v) is 11.4. The summed E-state index contributed by atoms with van der Waals surface area (Å²) in [6.07, 6.45) is 10.3. The molecule has 0 aliphatic rings. The highest BCUT2D eigenvalue weighted by atomic mass is 16.5. The van der Waals surface area contributed by atoms with Gasteiger partial charge in [-0.3, -0.25) is 0 Å². The van der Waals surface area contributed by atoms with Crippen molar-refractivity contribution >= 4 is 0 Å². The van der Waals surface area contributed by atoms with Crippen LogP contribution in [0.4, 0.5) is 0 Å². The molecule has 16 heavy (non-hydrogen) atoms. The summed E-state index contributed by atoms with van der Waals surface area (Å²) in [5, 5.41) is 8.84. The van der Waals surface area contributed by atoms with Crippen molar-refractivity contribution in [3.63, 3.8) is 0 Å². The highest BCUT2D eigenvalue weighted by Gasteiger charge is 2.10. The molecule has 1 unspecified atom stereocenters. The van der Waals surface area contributed by atoms with Gasteiger partial charge in [-0.25, -0.2) is 0 Å². The lowest BCUT2D eigenvalue weighted by Crippen LogP contribution is -2.18. The third kappa shape index (κ3) is 10.4. The van der Waals surface area contributed by atoms with Gasteiger partial charge in [-0.15, -0.1) is 0 Å². The smallest absolute Gasteiger partial charge is 0.0579 e. The molecular weight excluding hydrogens is 200 g/mol. The Morgan fingerprint density at radius 2 is 1.56 bits per heavy atom. The van der Waals surface area contributed by atoms with E-state index in [-0.39, 0.29) is 6.61 Å². The maximum absolute atomic E-state index is 8.84. The van der Waals surface area contributed by atoms with Gasteiger partial charge in [0.15, 0.2) is 0 Å². The topological polar surface area (TPSA) is 29.5 Å². The highest BCUT2D eigenvalue weighted by Crippen LogP contribution is 2.15. The Kier molecular flexibility index (Phi) is 11.3. The normalized spacial score (nSPS) is 13.3. The fourth-order valence-electron chi connectivity index (χ4n) is 1.96. The van der Waals surface area contributed by atoms with Crippen molar-refractivity contribution in [2.45, 2.75) is 84.3 Å². The van der Waals surface area contributed by atoms with Crippen molar-refractivity contribution in [3.05, 3.63) is 0 Å². The SMILES string of the molecule is CCCCCCCC(CCCO)OC(C)C. The molecule has 1 atom stereocenters. The third-order valence-corrected chi connectivity index (χ3v) is 2.78. The van der Waals surface area contributed by atoms with Gasteiger partial charge in [0, 0.05) is 6.61 Å². The van der Waals surface area contributed by atoms with Crippen LogP contribution in [-0.4, -0.2) is 23.9 Å². The first kappa shape index (κ1) is 15.9. The minimum Gasteiger partial charge on any atom is -0.396 e. The molecule has 0 aliphatic carbocycles. The van der Waals surface area contributed by atoms with E-state index < -0.39 is 0 Å². The van der Waals surface area contributed by atoms with Crippen LogP contribution in [0, 0.1) is 0 Å². The summed E-state index contributed by atoms with van der Waals surface area (Å²) in [6.45, 7) is 6.70. The van der Waals surface area contributed by atoms with Crippen LogP contribution in [0.2, 0.25) is 0 Å². The summed E-state index contributed by atoms with van der Waals surface area (Å²) in [6, 6.07) is 0. The monoisotopic (exact) mass is 230 g/mol. The number of hydrogen-bond acceptors (Lipinski definition) is 2. The van der Waals surface area contributed by atoms with Gasteiger partial charge in [0.1, 0.15) is 0 Å². The maximum Gasteiger partial charge on any atom is 0.0579 e. The number of hydrogen-bond donors (Lipinski definition) is 1. The van der Waals surface area contributed by atoms with Crippen LogP contribution in [-0.2, 0) is 4.74 Å². The van der Waals surface area contributed by atoms with Crippen molar-refractivity contribution in [1.82, 2.24) is 0 Å². The minimum atomic E-state index is 0.286. The van der Waals surface area contributed by atoms with E-state index >= 15 is 0 Å².